The van der Waals surface area contributed by atoms with E-state index in [1.54, 1.807) is 0 Å². The molecule has 0 amide bonds. The van der Waals surface area contributed by atoms with Crippen LogP contribution >= 0.6 is 0 Å². The lowest BCUT2D eigenvalue weighted by atomic mass is 10.3. The molecule has 0 radical (unpaired) electrons. The molecule has 1 N–H and O–H groups in total. The van der Waals surface area contributed by atoms with Crippen molar-refractivity contribution in [3.05, 3.63) is 27.9 Å². The van der Waals surface area contributed by atoms with E-state index >= 15 is 0 Å². The van der Waals surface area contributed by atoms with Crippen LogP contribution in [0.15, 0.2) is 10.9 Å². The van der Waals surface area contributed by atoms with E-state index in [2.05, 4.69) is 9.97 Å². The van der Waals surface area contributed by atoms with Gasteiger partial charge in [0, 0.05) is 11.8 Å². The van der Waals surface area contributed by atoms with Crippen molar-refractivity contribution in [1.82, 2.24) is 9.97 Å². The number of rotatable bonds is 3. The number of nitrogens with zero attached hydrogens (tertiary/aromatic N) is 1. The van der Waals surface area contributed by atoms with E-state index in [0.717, 1.165) is 0 Å². The van der Waals surface area contributed by atoms with Gasteiger partial charge in [0.15, 0.2) is 0 Å². The van der Waals surface area contributed by atoms with Crippen molar-refractivity contribution >= 4 is 11.1 Å². The number of hydrogen-bond acceptors (Lipinski definition) is 4. The Morgan fingerprint density at radius 3 is 2.92 bits per heavy atom. The fraction of sp³-hybridized carbons (Fsp3) is 0.429. The predicted molar refractivity (Wildman–Crippen MR) is 46.9 cm³/mol. The van der Waals surface area contributed by atoms with Crippen molar-refractivity contribution in [3.8, 4) is 0 Å². The van der Waals surface area contributed by atoms with Gasteiger partial charge in [-0.3, -0.25) is 9.00 Å². The number of hydrogen-bond donors (Lipinski definition) is 1. The van der Waals surface area contributed by atoms with Crippen molar-refractivity contribution in [2.24, 2.45) is 0 Å². The van der Waals surface area contributed by atoms with E-state index < -0.39 is 11.1 Å². The van der Waals surface area contributed by atoms with Gasteiger partial charge in [-0.05, 0) is 17.5 Å². The third-order valence-electron chi connectivity index (χ3n) is 1.46. The van der Waals surface area contributed by atoms with Crippen molar-refractivity contribution < 1.29 is 8.76 Å². The van der Waals surface area contributed by atoms with Crippen molar-refractivity contribution in [1.29, 1.82) is 0 Å². The maximum absolute atomic E-state index is 11.0. The second-order valence-electron chi connectivity index (χ2n) is 2.49. The van der Waals surface area contributed by atoms with Gasteiger partial charge >= 0.3 is 0 Å². The highest BCUT2D eigenvalue weighted by molar-refractivity contribution is 7.78. The van der Waals surface area contributed by atoms with Crippen LogP contribution in [-0.4, -0.2) is 18.7 Å². The highest BCUT2D eigenvalue weighted by Gasteiger charge is 1.99. The average Bonchev–Trinajstić information content (AvgIpc) is 2.01. The molecule has 0 aliphatic rings. The Hall–Kier alpha value is -1.01. The molecule has 1 unspecified atom stereocenters. The molecule has 1 heterocycles. The zero-order valence-corrected chi connectivity index (χ0v) is 7.89. The van der Waals surface area contributed by atoms with Gasteiger partial charge < -0.3 is 9.54 Å². The molecule has 1 rings (SSSR count). The first-order valence-electron chi connectivity index (χ1n) is 3.76. The van der Waals surface area contributed by atoms with Gasteiger partial charge in [0.1, 0.15) is 5.82 Å². The summed E-state index contributed by atoms with van der Waals surface area (Å²) in [6, 6.07) is 1.36. The summed E-state index contributed by atoms with van der Waals surface area (Å²) >= 11 is -2.22. The van der Waals surface area contributed by atoms with Gasteiger partial charge in [0.05, 0.1) is 5.75 Å². The smallest absolute Gasteiger partial charge is 0.251 e. The molecular formula is C7H9N2O3S-. The highest BCUT2D eigenvalue weighted by Crippen LogP contribution is 1.95. The lowest BCUT2D eigenvalue weighted by Gasteiger charge is -2.04. The fourth-order valence-electron chi connectivity index (χ4n) is 0.924. The molecule has 0 spiro atoms. The Morgan fingerprint density at radius 1 is 1.69 bits per heavy atom. The molecule has 0 saturated carbocycles. The Kier molecular flexibility index (Phi) is 3.32. The number of aromatic nitrogens is 2. The van der Waals surface area contributed by atoms with E-state index in [1.165, 1.54) is 6.07 Å². The van der Waals surface area contributed by atoms with Crippen molar-refractivity contribution in [2.45, 2.75) is 19.1 Å². The molecule has 0 bridgehead atoms. The van der Waals surface area contributed by atoms with Gasteiger partial charge in [-0.2, -0.15) is 0 Å². The first-order valence-corrected chi connectivity index (χ1v) is 5.01. The van der Waals surface area contributed by atoms with Crippen molar-refractivity contribution in [3.63, 3.8) is 0 Å². The Morgan fingerprint density at radius 2 is 2.38 bits per heavy atom. The average molecular weight is 201 g/mol. The maximum atomic E-state index is 11.0. The predicted octanol–water partition coefficient (Wildman–Crippen LogP) is -0.289. The van der Waals surface area contributed by atoms with E-state index in [4.69, 9.17) is 0 Å². The lowest BCUT2D eigenvalue weighted by molar-refractivity contribution is 0.534. The van der Waals surface area contributed by atoms with Crippen LogP contribution in [0, 0.1) is 0 Å². The number of aryl methyl sites for hydroxylation is 1. The van der Waals surface area contributed by atoms with Crippen LogP contribution in [0.1, 0.15) is 18.4 Å². The van der Waals surface area contributed by atoms with E-state index in [9.17, 15) is 13.6 Å². The molecule has 5 nitrogen and oxygen atoms in total. The molecule has 1 atom stereocenters. The van der Waals surface area contributed by atoms with Gasteiger partial charge in [-0.15, -0.1) is 0 Å². The molecule has 0 aliphatic carbocycles. The third kappa shape index (κ3) is 3.08. The summed E-state index contributed by atoms with van der Waals surface area (Å²) in [5.41, 5.74) is 0.288. The molecule has 0 aliphatic heterocycles. The first-order chi connectivity index (χ1) is 6.11. The minimum atomic E-state index is -2.22. The maximum Gasteiger partial charge on any atom is 0.251 e. The molecule has 72 valence electrons. The van der Waals surface area contributed by atoms with Gasteiger partial charge in [-0.25, -0.2) is 4.98 Å². The minimum absolute atomic E-state index is 0.192. The minimum Gasteiger partial charge on any atom is -0.772 e. The number of nitrogens with one attached hydrogen (secondary N) is 1. The fourth-order valence-corrected chi connectivity index (χ4v) is 1.28. The summed E-state index contributed by atoms with van der Waals surface area (Å²) in [5.74, 6) is -0.0546. The van der Waals surface area contributed by atoms with Gasteiger partial charge in [0.2, 0.25) is 0 Å². The molecule has 6 heteroatoms. The number of H-pyrrole nitrogens is 1. The molecule has 0 fully saturated rings. The molecular weight excluding hydrogens is 192 g/mol. The summed E-state index contributed by atoms with van der Waals surface area (Å²) in [6.07, 6.45) is 0.614. The third-order valence-corrected chi connectivity index (χ3v) is 1.97. The second-order valence-corrected chi connectivity index (χ2v) is 3.38. The molecule has 13 heavy (non-hydrogen) atoms. The topological polar surface area (TPSA) is 85.9 Å². The van der Waals surface area contributed by atoms with Gasteiger partial charge in [0.25, 0.3) is 5.56 Å². The summed E-state index contributed by atoms with van der Waals surface area (Å²) in [5, 5.41) is 0. The Balaban J connectivity index is 3.01. The van der Waals surface area contributed by atoms with Crippen LogP contribution in [0.25, 0.3) is 0 Å². The first kappa shape index (κ1) is 10.1. The van der Waals surface area contributed by atoms with Crippen LogP contribution in [-0.2, 0) is 23.3 Å². The van der Waals surface area contributed by atoms with Crippen LogP contribution in [0.4, 0.5) is 0 Å². The quantitative estimate of drug-likeness (QED) is 0.681. The molecule has 1 aromatic heterocycles. The van der Waals surface area contributed by atoms with Crippen LogP contribution < -0.4 is 5.56 Å². The monoisotopic (exact) mass is 201 g/mol. The van der Waals surface area contributed by atoms with Gasteiger partial charge in [-0.1, -0.05) is 6.92 Å². The van der Waals surface area contributed by atoms with E-state index in [1.807, 2.05) is 6.92 Å². The highest BCUT2D eigenvalue weighted by atomic mass is 32.2. The summed E-state index contributed by atoms with van der Waals surface area (Å²) in [7, 11) is 0. The lowest BCUT2D eigenvalue weighted by Crippen LogP contribution is -2.13. The summed E-state index contributed by atoms with van der Waals surface area (Å²) in [4.78, 5) is 17.3. The summed E-state index contributed by atoms with van der Waals surface area (Å²) in [6.45, 7) is 1.85. The largest absolute Gasteiger partial charge is 0.772 e. The SMILES string of the molecule is CCc1cc(=O)[nH]c(CS(=O)[O-])n1. The normalized spacial score (nSPS) is 12.8. The zero-order chi connectivity index (χ0) is 9.84. The van der Waals surface area contributed by atoms with Crippen LogP contribution in [0.3, 0.4) is 0 Å². The standard InChI is InChI=1S/C7H10N2O3S/c1-2-5-3-7(10)9-6(8-5)4-13(11)12/h3H,2,4H2,1H3,(H,11,12)(H,8,9,10)/p-1. The Bertz CT molecular complexity index is 374. The second kappa shape index (κ2) is 4.29. The van der Waals surface area contributed by atoms with Crippen LogP contribution in [0.2, 0.25) is 0 Å². The zero-order valence-electron chi connectivity index (χ0n) is 7.07. The molecule has 1 aromatic rings. The van der Waals surface area contributed by atoms with E-state index in [0.29, 0.717) is 12.1 Å². The Labute approximate surface area is 77.5 Å². The molecule has 0 saturated heterocycles. The summed E-state index contributed by atoms with van der Waals surface area (Å²) < 4.78 is 20.6. The van der Waals surface area contributed by atoms with E-state index in [-0.39, 0.29) is 17.1 Å². The van der Waals surface area contributed by atoms with Crippen molar-refractivity contribution in [2.75, 3.05) is 0 Å². The van der Waals surface area contributed by atoms with Crippen LogP contribution in [0.5, 0.6) is 0 Å². The molecule has 0 aromatic carbocycles. The number of aromatic amines is 1.